The number of halogens is 1. The van der Waals surface area contributed by atoms with E-state index in [1.807, 2.05) is 19.1 Å². The van der Waals surface area contributed by atoms with Crippen molar-refractivity contribution in [2.45, 2.75) is 13.3 Å². The highest BCUT2D eigenvalue weighted by Gasteiger charge is 2.23. The van der Waals surface area contributed by atoms with Crippen molar-refractivity contribution in [2.75, 3.05) is 44.3 Å². The van der Waals surface area contributed by atoms with E-state index < -0.39 is 4.92 Å². The van der Waals surface area contributed by atoms with Crippen LogP contribution in [0, 0.1) is 17.0 Å². The fourth-order valence-corrected chi connectivity index (χ4v) is 4.69. The van der Waals surface area contributed by atoms with Crippen molar-refractivity contribution in [3.05, 3.63) is 63.7 Å². The first-order valence-corrected chi connectivity index (χ1v) is 11.1. The highest BCUT2D eigenvalue weighted by molar-refractivity contribution is 7.22. The van der Waals surface area contributed by atoms with Crippen molar-refractivity contribution < 1.29 is 14.5 Å². The van der Waals surface area contributed by atoms with E-state index in [4.69, 9.17) is 4.74 Å². The van der Waals surface area contributed by atoms with Crippen LogP contribution in [0.4, 0.5) is 10.8 Å². The zero-order chi connectivity index (χ0) is 21.8. The number of ether oxygens (including phenoxy) is 1. The van der Waals surface area contributed by atoms with Gasteiger partial charge in [0, 0.05) is 43.9 Å². The van der Waals surface area contributed by atoms with Gasteiger partial charge in [-0.1, -0.05) is 23.5 Å². The van der Waals surface area contributed by atoms with Crippen LogP contribution < -0.4 is 4.90 Å². The minimum absolute atomic E-state index is 0. The molecule has 0 radical (unpaired) electrons. The fourth-order valence-electron chi connectivity index (χ4n) is 3.60. The molecular weight excluding hydrogens is 452 g/mol. The number of carbonyl (C=O) groups is 1. The number of benzene rings is 2. The van der Waals surface area contributed by atoms with E-state index in [2.05, 4.69) is 16.0 Å². The van der Waals surface area contributed by atoms with Gasteiger partial charge >= 0.3 is 0 Å². The van der Waals surface area contributed by atoms with Crippen LogP contribution in [0.3, 0.4) is 0 Å². The molecule has 0 N–H and O–H groups in total. The minimum Gasteiger partial charge on any atom is -0.379 e. The normalized spacial score (nSPS) is 14.2. The summed E-state index contributed by atoms with van der Waals surface area (Å²) < 4.78 is 6.41. The summed E-state index contributed by atoms with van der Waals surface area (Å²) in [5.41, 5.74) is 2.16. The topological polar surface area (TPSA) is 88.8 Å². The summed E-state index contributed by atoms with van der Waals surface area (Å²) >= 11 is 1.47. The molecule has 1 aliphatic heterocycles. The van der Waals surface area contributed by atoms with E-state index in [1.54, 1.807) is 17.0 Å². The van der Waals surface area contributed by atoms with Gasteiger partial charge in [-0.3, -0.25) is 24.7 Å². The number of nitro benzene ring substituents is 1. The molecule has 0 saturated carbocycles. The van der Waals surface area contributed by atoms with Crippen LogP contribution in [0.1, 0.15) is 22.3 Å². The Labute approximate surface area is 196 Å². The van der Waals surface area contributed by atoms with Gasteiger partial charge in [-0.2, -0.15) is 0 Å². The molecule has 0 aliphatic carbocycles. The number of hydrogen-bond donors (Lipinski definition) is 0. The van der Waals surface area contributed by atoms with Gasteiger partial charge in [0.25, 0.3) is 11.6 Å². The molecule has 32 heavy (non-hydrogen) atoms. The summed E-state index contributed by atoms with van der Waals surface area (Å²) in [6, 6.07) is 11.9. The number of nitro groups is 1. The molecule has 0 unspecified atom stereocenters. The Balaban J connectivity index is 0.00000289. The van der Waals surface area contributed by atoms with Crippen molar-refractivity contribution in [1.82, 2.24) is 9.88 Å². The molecule has 3 aromatic rings. The summed E-state index contributed by atoms with van der Waals surface area (Å²) in [5, 5.41) is 11.8. The number of aromatic nitrogens is 1. The molecular formula is C22H25ClN4O4S. The maximum Gasteiger partial charge on any atom is 0.270 e. The summed E-state index contributed by atoms with van der Waals surface area (Å²) in [5.74, 6) is -0.276. The highest BCUT2D eigenvalue weighted by atomic mass is 35.5. The van der Waals surface area contributed by atoms with E-state index in [9.17, 15) is 14.9 Å². The number of morpholine rings is 1. The largest absolute Gasteiger partial charge is 0.379 e. The zero-order valence-corrected chi connectivity index (χ0v) is 19.4. The first-order chi connectivity index (χ1) is 15.0. The van der Waals surface area contributed by atoms with Gasteiger partial charge in [0.1, 0.15) is 0 Å². The molecule has 10 heteroatoms. The van der Waals surface area contributed by atoms with Crippen molar-refractivity contribution in [3.8, 4) is 0 Å². The number of amides is 1. The summed E-state index contributed by atoms with van der Waals surface area (Å²) in [6.45, 7) is 6.59. The Morgan fingerprint density at radius 3 is 2.78 bits per heavy atom. The number of non-ortho nitro benzene ring substituents is 1. The van der Waals surface area contributed by atoms with Gasteiger partial charge < -0.3 is 4.74 Å². The molecule has 1 saturated heterocycles. The molecule has 170 valence electrons. The first kappa shape index (κ1) is 24.1. The van der Waals surface area contributed by atoms with E-state index in [1.165, 1.54) is 23.5 Å². The molecule has 1 fully saturated rings. The zero-order valence-electron chi connectivity index (χ0n) is 17.7. The SMILES string of the molecule is Cc1ccc2nc(N(CCCN3CCOCC3)C(=O)c3cccc([N+](=O)[O-])c3)sc2c1.Cl. The van der Waals surface area contributed by atoms with Crippen LogP contribution in [0.2, 0.25) is 0 Å². The number of fused-ring (bicyclic) bond motifs is 1. The Kier molecular flexibility index (Phi) is 8.14. The molecule has 1 amide bonds. The van der Waals surface area contributed by atoms with E-state index in [0.717, 1.165) is 55.0 Å². The van der Waals surface area contributed by atoms with Gasteiger partial charge in [-0.25, -0.2) is 4.98 Å². The number of aryl methyl sites for hydroxylation is 1. The third kappa shape index (κ3) is 5.60. The maximum absolute atomic E-state index is 13.4. The number of anilines is 1. The molecule has 0 spiro atoms. The van der Waals surface area contributed by atoms with Crippen LogP contribution in [0.5, 0.6) is 0 Å². The van der Waals surface area contributed by atoms with Gasteiger partial charge in [-0.15, -0.1) is 12.4 Å². The predicted molar refractivity (Wildman–Crippen MR) is 128 cm³/mol. The second kappa shape index (κ2) is 10.8. The van der Waals surface area contributed by atoms with E-state index >= 15 is 0 Å². The van der Waals surface area contributed by atoms with Gasteiger partial charge in [-0.05, 0) is 37.1 Å². The van der Waals surface area contributed by atoms with E-state index in [-0.39, 0.29) is 29.6 Å². The lowest BCUT2D eigenvalue weighted by Crippen LogP contribution is -2.39. The Bertz CT molecular complexity index is 1100. The fraction of sp³-hybridized carbons (Fsp3) is 0.364. The van der Waals surface area contributed by atoms with Crippen molar-refractivity contribution in [1.29, 1.82) is 0 Å². The lowest BCUT2D eigenvalue weighted by atomic mass is 10.1. The second-order valence-electron chi connectivity index (χ2n) is 7.54. The molecule has 1 aromatic heterocycles. The third-order valence-electron chi connectivity index (χ3n) is 5.27. The van der Waals surface area contributed by atoms with Gasteiger partial charge in [0.2, 0.25) is 0 Å². The number of rotatable bonds is 7. The molecule has 4 rings (SSSR count). The lowest BCUT2D eigenvalue weighted by Gasteiger charge is -2.27. The second-order valence-corrected chi connectivity index (χ2v) is 8.55. The molecule has 0 bridgehead atoms. The number of hydrogen-bond acceptors (Lipinski definition) is 7. The van der Waals surface area contributed by atoms with Gasteiger partial charge in [0.05, 0.1) is 28.4 Å². The van der Waals surface area contributed by atoms with Crippen LogP contribution in [-0.4, -0.2) is 60.1 Å². The summed E-state index contributed by atoms with van der Waals surface area (Å²) in [4.78, 5) is 32.7. The Morgan fingerprint density at radius 1 is 1.25 bits per heavy atom. The monoisotopic (exact) mass is 476 g/mol. The molecule has 0 atom stereocenters. The molecule has 2 aromatic carbocycles. The quantitative estimate of drug-likeness (QED) is 0.373. The van der Waals surface area contributed by atoms with Crippen LogP contribution in [-0.2, 0) is 4.74 Å². The molecule has 1 aliphatic rings. The number of thiazole rings is 1. The van der Waals surface area contributed by atoms with Crippen molar-refractivity contribution in [3.63, 3.8) is 0 Å². The summed E-state index contributed by atoms with van der Waals surface area (Å²) in [6.07, 6.45) is 0.773. The average Bonchev–Trinajstić information content (AvgIpc) is 3.20. The average molecular weight is 477 g/mol. The molecule has 8 nitrogen and oxygen atoms in total. The highest BCUT2D eigenvalue weighted by Crippen LogP contribution is 2.31. The first-order valence-electron chi connectivity index (χ1n) is 10.2. The Hall–Kier alpha value is -2.59. The third-order valence-corrected chi connectivity index (χ3v) is 6.31. The lowest BCUT2D eigenvalue weighted by molar-refractivity contribution is -0.384. The Morgan fingerprint density at radius 2 is 2.03 bits per heavy atom. The maximum atomic E-state index is 13.4. The van der Waals surface area contributed by atoms with Crippen LogP contribution in [0.15, 0.2) is 42.5 Å². The van der Waals surface area contributed by atoms with E-state index in [0.29, 0.717) is 11.7 Å². The standard InChI is InChI=1S/C22H24N4O4S.ClH/c1-16-6-7-19-20(14-16)31-22(23-19)25(9-3-8-24-10-12-30-13-11-24)21(27)17-4-2-5-18(15-17)26(28)29;/h2,4-7,14-15H,3,8-13H2,1H3;1H. The summed E-state index contributed by atoms with van der Waals surface area (Å²) in [7, 11) is 0. The van der Waals surface area contributed by atoms with Crippen LogP contribution >= 0.6 is 23.7 Å². The number of nitrogens with zero attached hydrogens (tertiary/aromatic N) is 4. The molecule has 2 heterocycles. The minimum atomic E-state index is -0.486. The van der Waals surface area contributed by atoms with Gasteiger partial charge in [0.15, 0.2) is 5.13 Å². The smallest absolute Gasteiger partial charge is 0.270 e. The van der Waals surface area contributed by atoms with Crippen molar-refractivity contribution >= 4 is 50.7 Å². The van der Waals surface area contributed by atoms with Crippen LogP contribution in [0.25, 0.3) is 10.2 Å². The number of carbonyl (C=O) groups excluding carboxylic acids is 1. The van der Waals surface area contributed by atoms with Crippen molar-refractivity contribution in [2.24, 2.45) is 0 Å². The predicted octanol–water partition coefficient (Wildman–Crippen LogP) is 4.30.